The number of tetrazole rings is 1. The molecule has 110 valence electrons. The molecule has 0 amide bonds. The average molecular weight is 302 g/mol. The molecule has 1 aliphatic rings. The standard InChI is InChI=1S/C15H18N4OS/c1-2-14(20)11-7-9-13(10-8-11)21-15-16-17-18-19(15)12-5-3-4-6-12/h7-10,12H,2-6H2,1H3. The SMILES string of the molecule is CCC(=O)c1ccc(Sc2nnnn2C2CCCC2)cc1. The highest BCUT2D eigenvalue weighted by Gasteiger charge is 2.21. The van der Waals surface area contributed by atoms with Crippen molar-refractivity contribution in [3.8, 4) is 0 Å². The van der Waals surface area contributed by atoms with Crippen molar-refractivity contribution in [2.75, 3.05) is 0 Å². The number of benzene rings is 1. The van der Waals surface area contributed by atoms with Gasteiger partial charge in [-0.15, -0.1) is 5.10 Å². The zero-order valence-corrected chi connectivity index (χ0v) is 12.8. The number of aromatic nitrogens is 4. The smallest absolute Gasteiger partial charge is 0.214 e. The Morgan fingerprint density at radius 1 is 1.29 bits per heavy atom. The van der Waals surface area contributed by atoms with Crippen LogP contribution in [0.15, 0.2) is 34.3 Å². The largest absolute Gasteiger partial charge is 0.294 e. The molecule has 0 N–H and O–H groups in total. The lowest BCUT2D eigenvalue weighted by atomic mass is 10.1. The molecule has 1 saturated carbocycles. The van der Waals surface area contributed by atoms with Crippen LogP contribution in [-0.2, 0) is 0 Å². The van der Waals surface area contributed by atoms with Crippen molar-refractivity contribution in [1.29, 1.82) is 0 Å². The molecule has 6 heteroatoms. The van der Waals surface area contributed by atoms with Gasteiger partial charge >= 0.3 is 0 Å². The van der Waals surface area contributed by atoms with E-state index in [0.717, 1.165) is 28.5 Å². The summed E-state index contributed by atoms with van der Waals surface area (Å²) in [7, 11) is 0. The third-order valence-electron chi connectivity index (χ3n) is 3.84. The van der Waals surface area contributed by atoms with Crippen molar-refractivity contribution >= 4 is 17.5 Å². The van der Waals surface area contributed by atoms with E-state index in [1.165, 1.54) is 12.8 Å². The monoisotopic (exact) mass is 302 g/mol. The van der Waals surface area contributed by atoms with Crippen molar-refractivity contribution < 1.29 is 4.79 Å². The van der Waals surface area contributed by atoms with Gasteiger partial charge in [0.1, 0.15) is 0 Å². The van der Waals surface area contributed by atoms with E-state index in [2.05, 4.69) is 15.5 Å². The number of Topliss-reactive ketones (excluding diaryl/α,β-unsaturated/α-hetero) is 1. The lowest BCUT2D eigenvalue weighted by molar-refractivity contribution is 0.0988. The first-order chi connectivity index (χ1) is 10.3. The summed E-state index contributed by atoms with van der Waals surface area (Å²) in [5, 5.41) is 12.9. The molecular formula is C15H18N4OS. The second-order valence-corrected chi connectivity index (χ2v) is 6.29. The molecule has 3 rings (SSSR count). The van der Waals surface area contributed by atoms with Crippen LogP contribution in [-0.4, -0.2) is 26.0 Å². The highest BCUT2D eigenvalue weighted by Crippen LogP contribution is 2.33. The molecule has 0 saturated heterocycles. The summed E-state index contributed by atoms with van der Waals surface area (Å²) in [5.41, 5.74) is 0.761. The molecule has 2 aromatic rings. The zero-order valence-electron chi connectivity index (χ0n) is 12.0. The second kappa shape index (κ2) is 6.39. The summed E-state index contributed by atoms with van der Waals surface area (Å²) >= 11 is 1.55. The summed E-state index contributed by atoms with van der Waals surface area (Å²) in [6, 6.07) is 8.10. The van der Waals surface area contributed by atoms with E-state index in [1.54, 1.807) is 11.8 Å². The van der Waals surface area contributed by atoms with Gasteiger partial charge in [-0.3, -0.25) is 4.79 Å². The van der Waals surface area contributed by atoms with Crippen LogP contribution in [0.5, 0.6) is 0 Å². The number of rotatable bonds is 5. The van der Waals surface area contributed by atoms with E-state index in [-0.39, 0.29) is 5.78 Å². The van der Waals surface area contributed by atoms with E-state index in [4.69, 9.17) is 0 Å². The first kappa shape index (κ1) is 14.3. The Balaban J connectivity index is 1.75. The first-order valence-electron chi connectivity index (χ1n) is 7.37. The Morgan fingerprint density at radius 2 is 2.00 bits per heavy atom. The van der Waals surface area contributed by atoms with Gasteiger partial charge in [-0.2, -0.15) is 0 Å². The third kappa shape index (κ3) is 3.15. The van der Waals surface area contributed by atoms with E-state index in [9.17, 15) is 4.79 Å². The summed E-state index contributed by atoms with van der Waals surface area (Å²) in [5.74, 6) is 0.169. The number of ketones is 1. The maximum absolute atomic E-state index is 11.6. The molecule has 0 aliphatic heterocycles. The summed E-state index contributed by atoms with van der Waals surface area (Å²) in [4.78, 5) is 12.7. The number of hydrogen-bond acceptors (Lipinski definition) is 5. The molecule has 1 aromatic heterocycles. The summed E-state index contributed by atoms with van der Waals surface area (Å²) < 4.78 is 1.95. The van der Waals surface area contributed by atoms with Gasteiger partial charge in [-0.25, -0.2) is 4.68 Å². The molecule has 21 heavy (non-hydrogen) atoms. The lowest BCUT2D eigenvalue weighted by Gasteiger charge is -2.10. The first-order valence-corrected chi connectivity index (χ1v) is 8.18. The molecule has 0 spiro atoms. The molecule has 0 radical (unpaired) electrons. The van der Waals surface area contributed by atoms with Crippen molar-refractivity contribution in [1.82, 2.24) is 20.2 Å². The van der Waals surface area contributed by atoms with Crippen LogP contribution in [0.25, 0.3) is 0 Å². The molecular weight excluding hydrogens is 284 g/mol. The fourth-order valence-corrected chi connectivity index (χ4v) is 3.49. The predicted octanol–water partition coefficient (Wildman–Crippen LogP) is 3.53. The number of hydrogen-bond donors (Lipinski definition) is 0. The lowest BCUT2D eigenvalue weighted by Crippen LogP contribution is -2.08. The van der Waals surface area contributed by atoms with Crippen molar-refractivity contribution in [3.63, 3.8) is 0 Å². The average Bonchev–Trinajstić information content (AvgIpc) is 3.18. The quantitative estimate of drug-likeness (QED) is 0.791. The van der Waals surface area contributed by atoms with Crippen LogP contribution in [0.2, 0.25) is 0 Å². The molecule has 1 aliphatic carbocycles. The minimum atomic E-state index is 0.169. The van der Waals surface area contributed by atoms with Gasteiger partial charge in [-0.05, 0) is 47.2 Å². The van der Waals surface area contributed by atoms with Gasteiger partial charge in [0.15, 0.2) is 5.78 Å². The van der Waals surface area contributed by atoms with E-state index in [1.807, 2.05) is 35.9 Å². The predicted molar refractivity (Wildman–Crippen MR) is 80.5 cm³/mol. The van der Waals surface area contributed by atoms with Gasteiger partial charge in [0.25, 0.3) is 0 Å². The van der Waals surface area contributed by atoms with Crippen molar-refractivity contribution in [2.45, 2.75) is 55.1 Å². The highest BCUT2D eigenvalue weighted by molar-refractivity contribution is 7.99. The van der Waals surface area contributed by atoms with Crippen LogP contribution in [0.4, 0.5) is 0 Å². The van der Waals surface area contributed by atoms with Crippen LogP contribution in [0.3, 0.4) is 0 Å². The molecule has 0 bridgehead atoms. The van der Waals surface area contributed by atoms with Gasteiger partial charge in [-0.1, -0.05) is 31.9 Å². The minimum Gasteiger partial charge on any atom is -0.294 e. The summed E-state index contributed by atoms with van der Waals surface area (Å²) in [6.45, 7) is 1.88. The molecule has 0 atom stereocenters. The Kier molecular flexibility index (Phi) is 4.34. The third-order valence-corrected chi connectivity index (χ3v) is 4.80. The van der Waals surface area contributed by atoms with Gasteiger partial charge < -0.3 is 0 Å². The Bertz CT molecular complexity index is 617. The molecule has 1 fully saturated rings. The Morgan fingerprint density at radius 3 is 2.67 bits per heavy atom. The summed E-state index contributed by atoms with van der Waals surface area (Å²) in [6.07, 6.45) is 5.35. The normalized spacial score (nSPS) is 15.5. The van der Waals surface area contributed by atoms with Gasteiger partial charge in [0, 0.05) is 16.9 Å². The fourth-order valence-electron chi connectivity index (χ4n) is 2.65. The Labute approximate surface area is 128 Å². The van der Waals surface area contributed by atoms with Crippen molar-refractivity contribution in [3.05, 3.63) is 29.8 Å². The zero-order chi connectivity index (χ0) is 14.7. The molecule has 1 aromatic carbocycles. The maximum atomic E-state index is 11.6. The molecule has 5 nitrogen and oxygen atoms in total. The van der Waals surface area contributed by atoms with E-state index < -0.39 is 0 Å². The van der Waals surface area contributed by atoms with E-state index in [0.29, 0.717) is 12.5 Å². The van der Waals surface area contributed by atoms with Crippen LogP contribution in [0, 0.1) is 0 Å². The molecule has 0 unspecified atom stereocenters. The Hall–Kier alpha value is -1.69. The fraction of sp³-hybridized carbons (Fsp3) is 0.467. The van der Waals surface area contributed by atoms with Crippen molar-refractivity contribution in [2.24, 2.45) is 0 Å². The van der Waals surface area contributed by atoms with E-state index >= 15 is 0 Å². The highest BCUT2D eigenvalue weighted by atomic mass is 32.2. The molecule has 1 heterocycles. The van der Waals surface area contributed by atoms with Gasteiger partial charge in [0.2, 0.25) is 5.16 Å². The number of nitrogens with zero attached hydrogens (tertiary/aromatic N) is 4. The van der Waals surface area contributed by atoms with Gasteiger partial charge in [0.05, 0.1) is 6.04 Å². The topological polar surface area (TPSA) is 60.7 Å². The maximum Gasteiger partial charge on any atom is 0.214 e. The van der Waals surface area contributed by atoms with Crippen LogP contribution >= 0.6 is 11.8 Å². The number of carbonyl (C=O) groups is 1. The van der Waals surface area contributed by atoms with Crippen LogP contribution < -0.4 is 0 Å². The minimum absolute atomic E-state index is 0.169. The second-order valence-electron chi connectivity index (χ2n) is 5.25. The number of carbonyl (C=O) groups excluding carboxylic acids is 1. The van der Waals surface area contributed by atoms with Crippen LogP contribution in [0.1, 0.15) is 55.4 Å².